The maximum absolute atomic E-state index is 13.1. The van der Waals surface area contributed by atoms with Gasteiger partial charge >= 0.3 is 39.5 Å². The Morgan fingerprint density at radius 3 is 0.708 bits per heavy atom. The summed E-state index contributed by atoms with van der Waals surface area (Å²) in [7, 11) is -9.91. The molecule has 0 fully saturated rings. The zero-order chi connectivity index (χ0) is 70.5. The molecule has 0 aromatic heterocycles. The van der Waals surface area contributed by atoms with Gasteiger partial charge in [-0.05, 0) is 31.6 Å². The lowest BCUT2D eigenvalue weighted by Gasteiger charge is -2.21. The number of unbranched alkanes of at least 4 members (excludes halogenated alkanes) is 49. The second-order valence-electron chi connectivity index (χ2n) is 28.2. The number of hydrogen-bond donors (Lipinski definition) is 3. The van der Waals surface area contributed by atoms with Crippen LogP contribution in [0.25, 0.3) is 0 Å². The first-order chi connectivity index (χ1) is 46.5. The van der Waals surface area contributed by atoms with Crippen LogP contribution < -0.4 is 0 Å². The van der Waals surface area contributed by atoms with E-state index >= 15 is 0 Å². The highest BCUT2D eigenvalue weighted by molar-refractivity contribution is 7.47. The van der Waals surface area contributed by atoms with E-state index in [1.807, 2.05) is 0 Å². The van der Waals surface area contributed by atoms with Crippen LogP contribution in [0.15, 0.2) is 0 Å². The molecule has 570 valence electrons. The first-order valence-electron chi connectivity index (χ1n) is 40.1. The number of carbonyl (C=O) groups excluding carboxylic acids is 4. The third-order valence-electron chi connectivity index (χ3n) is 18.0. The second-order valence-corrected chi connectivity index (χ2v) is 31.1. The zero-order valence-electron chi connectivity index (χ0n) is 62.5. The zero-order valence-corrected chi connectivity index (χ0v) is 64.3. The highest BCUT2D eigenvalue weighted by Gasteiger charge is 2.30. The van der Waals surface area contributed by atoms with Crippen LogP contribution >= 0.6 is 15.6 Å². The number of ether oxygens (including phenoxy) is 4. The van der Waals surface area contributed by atoms with E-state index in [9.17, 15) is 43.2 Å². The van der Waals surface area contributed by atoms with Crippen molar-refractivity contribution in [1.82, 2.24) is 0 Å². The number of phosphoric acid groups is 2. The van der Waals surface area contributed by atoms with Gasteiger partial charge in [-0.15, -0.1) is 0 Å². The fourth-order valence-corrected chi connectivity index (χ4v) is 13.5. The standard InChI is InChI=1S/C77H150O17P2/c1-6-9-12-15-18-21-23-25-27-28-29-30-31-32-34-36-42-47-52-57-62-76(81)93-73(67-88-75(80)61-56-51-46-41-35-33-26-24-22-19-16-13-10-7-2)69-92-96(85,86)90-65-71(78)64-89-95(83,84)91-68-72(66-87-74(79)60-55-50-45-39-20-17-14-11-8-3)94-77(82)63-58-53-48-43-38-37-40-44-49-54-59-70(4)5/h70-73,78H,6-69H2,1-5H3,(H,83,84)(H,85,86)/t71-,72+,73+/m0/s1. The van der Waals surface area contributed by atoms with Crippen molar-refractivity contribution in [1.29, 1.82) is 0 Å². The van der Waals surface area contributed by atoms with Gasteiger partial charge in [0.05, 0.1) is 26.4 Å². The van der Waals surface area contributed by atoms with Crippen molar-refractivity contribution in [2.45, 2.75) is 425 Å². The molecule has 0 aliphatic carbocycles. The van der Waals surface area contributed by atoms with E-state index < -0.39 is 97.5 Å². The Labute approximate surface area is 588 Å². The highest BCUT2D eigenvalue weighted by Crippen LogP contribution is 2.45. The summed E-state index contributed by atoms with van der Waals surface area (Å²) in [5, 5.41) is 10.6. The average molecular weight is 1410 g/mol. The lowest BCUT2D eigenvalue weighted by Crippen LogP contribution is -2.30. The smallest absolute Gasteiger partial charge is 0.462 e. The van der Waals surface area contributed by atoms with Crippen LogP contribution in [0.5, 0.6) is 0 Å². The minimum Gasteiger partial charge on any atom is -0.462 e. The van der Waals surface area contributed by atoms with Gasteiger partial charge in [0, 0.05) is 25.7 Å². The molecule has 0 aliphatic rings. The van der Waals surface area contributed by atoms with Crippen LogP contribution in [0.3, 0.4) is 0 Å². The molecule has 0 aromatic rings. The topological polar surface area (TPSA) is 237 Å². The molecule has 0 amide bonds. The van der Waals surface area contributed by atoms with Gasteiger partial charge in [0.1, 0.15) is 19.3 Å². The molecule has 0 aliphatic heterocycles. The Balaban J connectivity index is 5.21. The molecule has 0 spiro atoms. The normalized spacial score (nSPS) is 13.9. The summed E-state index contributed by atoms with van der Waals surface area (Å²) in [4.78, 5) is 72.8. The van der Waals surface area contributed by atoms with Crippen molar-refractivity contribution in [3.05, 3.63) is 0 Å². The van der Waals surface area contributed by atoms with E-state index in [0.29, 0.717) is 25.7 Å². The lowest BCUT2D eigenvalue weighted by molar-refractivity contribution is -0.161. The fourth-order valence-electron chi connectivity index (χ4n) is 11.9. The molecular formula is C77H150O17P2. The van der Waals surface area contributed by atoms with Crippen molar-refractivity contribution in [3.8, 4) is 0 Å². The van der Waals surface area contributed by atoms with E-state index in [-0.39, 0.29) is 25.7 Å². The summed E-state index contributed by atoms with van der Waals surface area (Å²) in [6.45, 7) is 7.28. The fraction of sp³-hybridized carbons (Fsp3) is 0.948. The van der Waals surface area contributed by atoms with Gasteiger partial charge in [-0.2, -0.15) is 0 Å². The molecule has 0 saturated carbocycles. The summed E-state index contributed by atoms with van der Waals surface area (Å²) in [6.07, 6.45) is 59.7. The SMILES string of the molecule is CCCCCCCCCCCCCCCCCCCCCCC(=O)O[C@H](COC(=O)CCCCCCCCCCCCCCCC)COP(=O)(O)OC[C@@H](O)COP(=O)(O)OC[C@@H](COC(=O)CCCCCCCCCCC)OC(=O)CCCCCCCCCCCCC(C)C. The van der Waals surface area contributed by atoms with Gasteiger partial charge in [0.25, 0.3) is 0 Å². The Bertz CT molecular complexity index is 1840. The molecule has 96 heavy (non-hydrogen) atoms. The van der Waals surface area contributed by atoms with Crippen LogP contribution in [-0.2, 0) is 65.4 Å². The summed E-state index contributed by atoms with van der Waals surface area (Å²) < 4.78 is 68.5. The lowest BCUT2D eigenvalue weighted by atomic mass is 10.0. The van der Waals surface area contributed by atoms with E-state index in [4.69, 9.17) is 37.0 Å². The largest absolute Gasteiger partial charge is 0.472 e. The third-order valence-corrected chi connectivity index (χ3v) is 19.9. The number of esters is 4. The van der Waals surface area contributed by atoms with Crippen LogP contribution in [0.4, 0.5) is 0 Å². The van der Waals surface area contributed by atoms with Crippen LogP contribution in [0.1, 0.15) is 407 Å². The van der Waals surface area contributed by atoms with Gasteiger partial charge in [-0.3, -0.25) is 37.3 Å². The predicted octanol–water partition coefficient (Wildman–Crippen LogP) is 22.9. The van der Waals surface area contributed by atoms with Crippen LogP contribution in [-0.4, -0.2) is 96.7 Å². The Kier molecular flexibility index (Phi) is 68.7. The molecule has 17 nitrogen and oxygen atoms in total. The quantitative estimate of drug-likeness (QED) is 0.0222. The summed E-state index contributed by atoms with van der Waals surface area (Å²) in [5.41, 5.74) is 0. The van der Waals surface area contributed by atoms with E-state index in [1.54, 1.807) is 0 Å². The molecule has 5 atom stereocenters. The van der Waals surface area contributed by atoms with Crippen molar-refractivity contribution in [2.24, 2.45) is 5.92 Å². The molecule has 2 unspecified atom stereocenters. The van der Waals surface area contributed by atoms with E-state index in [2.05, 4.69) is 34.6 Å². The monoisotopic (exact) mass is 1410 g/mol. The highest BCUT2D eigenvalue weighted by atomic mass is 31.2. The number of phosphoric ester groups is 2. The third kappa shape index (κ3) is 70.5. The molecule has 0 aromatic carbocycles. The van der Waals surface area contributed by atoms with Crippen LogP contribution in [0.2, 0.25) is 0 Å². The molecule has 0 heterocycles. The summed E-state index contributed by atoms with van der Waals surface area (Å²) in [6, 6.07) is 0. The van der Waals surface area contributed by atoms with Crippen molar-refractivity contribution >= 4 is 39.5 Å². The molecular weight excluding hydrogens is 1260 g/mol. The molecule has 0 rings (SSSR count). The first-order valence-corrected chi connectivity index (χ1v) is 43.1. The van der Waals surface area contributed by atoms with Crippen LogP contribution in [0, 0.1) is 5.92 Å². The Morgan fingerprint density at radius 2 is 0.479 bits per heavy atom. The summed E-state index contributed by atoms with van der Waals surface area (Å²) in [5.74, 6) is -1.36. The van der Waals surface area contributed by atoms with Gasteiger partial charge in [-0.1, -0.05) is 356 Å². The van der Waals surface area contributed by atoms with Gasteiger partial charge in [-0.25, -0.2) is 9.13 Å². The van der Waals surface area contributed by atoms with Crippen molar-refractivity contribution in [2.75, 3.05) is 39.6 Å². The van der Waals surface area contributed by atoms with E-state index in [0.717, 1.165) is 95.8 Å². The maximum Gasteiger partial charge on any atom is 0.472 e. The number of hydrogen-bond acceptors (Lipinski definition) is 15. The number of aliphatic hydroxyl groups excluding tert-OH is 1. The van der Waals surface area contributed by atoms with Gasteiger partial charge < -0.3 is 33.8 Å². The number of aliphatic hydroxyl groups is 1. The molecule has 0 saturated heterocycles. The summed E-state index contributed by atoms with van der Waals surface area (Å²) >= 11 is 0. The molecule has 0 bridgehead atoms. The van der Waals surface area contributed by atoms with Gasteiger partial charge in [0.15, 0.2) is 12.2 Å². The van der Waals surface area contributed by atoms with E-state index in [1.165, 1.54) is 231 Å². The van der Waals surface area contributed by atoms with Gasteiger partial charge in [0.2, 0.25) is 0 Å². The minimum absolute atomic E-state index is 0.106. The number of rotatable bonds is 77. The van der Waals surface area contributed by atoms with Crippen molar-refractivity contribution < 1.29 is 80.2 Å². The maximum atomic E-state index is 13.1. The second kappa shape index (κ2) is 70.1. The average Bonchev–Trinajstić information content (AvgIpc) is 1.47. The molecule has 0 radical (unpaired) electrons. The number of carbonyl (C=O) groups is 4. The molecule has 19 heteroatoms. The first kappa shape index (κ1) is 94.1. The Hall–Kier alpha value is -1.94. The molecule has 3 N–H and O–H groups in total. The predicted molar refractivity (Wildman–Crippen MR) is 391 cm³/mol. The Morgan fingerprint density at radius 1 is 0.281 bits per heavy atom. The van der Waals surface area contributed by atoms with Crippen molar-refractivity contribution in [3.63, 3.8) is 0 Å². The minimum atomic E-state index is -4.96.